The van der Waals surface area contributed by atoms with E-state index in [2.05, 4.69) is 135 Å². The third-order valence-corrected chi connectivity index (χ3v) is 12.1. The summed E-state index contributed by atoms with van der Waals surface area (Å²) in [6.45, 7) is 0. The first-order valence-corrected chi connectivity index (χ1v) is 20.4. The zero-order chi connectivity index (χ0) is 41.3. The van der Waals surface area contributed by atoms with Crippen LogP contribution in [0.1, 0.15) is 11.1 Å². The topological polar surface area (TPSA) is 96.1 Å². The molecule has 7 nitrogen and oxygen atoms in total. The van der Waals surface area contributed by atoms with Crippen molar-refractivity contribution in [2.45, 2.75) is 0 Å². The van der Waals surface area contributed by atoms with E-state index in [-0.39, 0.29) is 0 Å². The summed E-state index contributed by atoms with van der Waals surface area (Å²) >= 11 is 0. The van der Waals surface area contributed by atoms with E-state index in [0.717, 1.165) is 93.2 Å². The average molecular weight is 790 g/mol. The molecule has 7 heteroatoms. The highest BCUT2D eigenvalue weighted by molar-refractivity contribution is 6.23. The molecule has 0 saturated carbocycles. The van der Waals surface area contributed by atoms with Crippen LogP contribution in [0, 0.1) is 22.7 Å². The molecule has 8 aromatic carbocycles. The lowest BCUT2D eigenvalue weighted by atomic mass is 9.99. The summed E-state index contributed by atoms with van der Waals surface area (Å²) in [6.07, 6.45) is 3.49. The second-order valence-electron chi connectivity index (χ2n) is 15.4. The predicted octanol–water partition coefficient (Wildman–Crippen LogP) is 13.1. The summed E-state index contributed by atoms with van der Waals surface area (Å²) in [4.78, 5) is 15.0. The summed E-state index contributed by atoms with van der Waals surface area (Å²) in [5.74, 6) is 0.466. The smallest absolute Gasteiger partial charge is 0.161 e. The third kappa shape index (κ3) is 5.19. The quantitative estimate of drug-likeness (QED) is 0.173. The molecule has 286 valence electrons. The Morgan fingerprint density at radius 1 is 0.419 bits per heavy atom. The number of benzene rings is 8. The van der Waals surface area contributed by atoms with E-state index >= 15 is 0 Å². The van der Waals surface area contributed by atoms with Gasteiger partial charge in [-0.05, 0) is 76.1 Å². The van der Waals surface area contributed by atoms with Gasteiger partial charge in [0, 0.05) is 50.6 Å². The molecule has 4 heterocycles. The van der Waals surface area contributed by atoms with Crippen molar-refractivity contribution in [1.82, 2.24) is 24.1 Å². The van der Waals surface area contributed by atoms with Crippen LogP contribution in [0.5, 0.6) is 0 Å². The van der Waals surface area contributed by atoms with E-state index < -0.39 is 0 Å². The van der Waals surface area contributed by atoms with Crippen LogP contribution < -0.4 is 0 Å². The van der Waals surface area contributed by atoms with Gasteiger partial charge in [0.15, 0.2) is 5.82 Å². The van der Waals surface area contributed by atoms with Crippen LogP contribution in [0.25, 0.3) is 110 Å². The first kappa shape index (κ1) is 35.1. The lowest BCUT2D eigenvalue weighted by Crippen LogP contribution is -2.05. The van der Waals surface area contributed by atoms with Crippen LogP contribution in [0.2, 0.25) is 0 Å². The summed E-state index contributed by atoms with van der Waals surface area (Å²) in [5, 5.41) is 30.7. The first-order valence-electron chi connectivity index (χ1n) is 20.4. The van der Waals surface area contributed by atoms with Gasteiger partial charge in [0.05, 0.1) is 56.0 Å². The zero-order valence-corrected chi connectivity index (χ0v) is 33.0. The molecule has 0 spiro atoms. The molecule has 0 fully saturated rings. The summed E-state index contributed by atoms with van der Waals surface area (Å²) in [7, 11) is 0. The fraction of sp³-hybridized carbons (Fsp3) is 0. The molecule has 0 radical (unpaired) electrons. The Morgan fingerprint density at radius 3 is 1.39 bits per heavy atom. The van der Waals surface area contributed by atoms with Crippen molar-refractivity contribution in [3.05, 3.63) is 199 Å². The van der Waals surface area contributed by atoms with Crippen molar-refractivity contribution in [3.8, 4) is 57.4 Å². The number of para-hydroxylation sites is 4. The minimum absolute atomic E-state index is 0.466. The Kier molecular flexibility index (Phi) is 7.83. The highest BCUT2D eigenvalue weighted by atomic mass is 15.0. The molecular weight excluding hydrogens is 759 g/mol. The Bertz CT molecular complexity index is 3670. The lowest BCUT2D eigenvalue weighted by molar-refractivity contribution is 1.13. The molecule has 0 aliphatic heterocycles. The van der Waals surface area contributed by atoms with Gasteiger partial charge in [-0.3, -0.25) is 4.98 Å². The number of rotatable bonds is 5. The van der Waals surface area contributed by atoms with Gasteiger partial charge in [-0.25, -0.2) is 9.97 Å². The molecule has 0 N–H and O–H groups in total. The molecule has 0 saturated heterocycles. The van der Waals surface area contributed by atoms with Gasteiger partial charge in [-0.15, -0.1) is 0 Å². The number of aromatic nitrogens is 5. The fourth-order valence-corrected chi connectivity index (χ4v) is 9.47. The van der Waals surface area contributed by atoms with E-state index in [1.54, 1.807) is 12.4 Å². The van der Waals surface area contributed by atoms with E-state index in [4.69, 9.17) is 9.97 Å². The Labute approximate surface area is 355 Å². The Balaban J connectivity index is 1.18. The molecule has 0 amide bonds. The van der Waals surface area contributed by atoms with Crippen LogP contribution in [0.15, 0.2) is 188 Å². The molecular formula is C55H31N7. The molecule has 0 aliphatic rings. The van der Waals surface area contributed by atoms with Crippen LogP contribution in [0.3, 0.4) is 0 Å². The van der Waals surface area contributed by atoms with Gasteiger partial charge < -0.3 is 9.13 Å². The van der Waals surface area contributed by atoms with Gasteiger partial charge in [0.2, 0.25) is 0 Å². The fourth-order valence-electron chi connectivity index (χ4n) is 9.47. The first-order chi connectivity index (χ1) is 30.7. The minimum Gasteiger partial charge on any atom is -0.307 e. The molecule has 62 heavy (non-hydrogen) atoms. The monoisotopic (exact) mass is 789 g/mol. The standard InChI is InChI=1S/C55H31N7/c56-31-36-14-9-21-41(53(36)61-47-23-7-5-19-43(47)51-39-17-3-1-12-34(39)25-27-49(51)61)45-30-46(60-55(59-45)38-16-11-29-58-33-38)42-22-10-15-37(32-57)54(42)62-48-24-8-6-20-44(48)52-40-18-4-2-13-35(40)26-28-50(52)62/h1-30,33H. The zero-order valence-electron chi connectivity index (χ0n) is 33.0. The molecule has 0 aliphatic carbocycles. The minimum atomic E-state index is 0.466. The second kappa shape index (κ2) is 13.8. The van der Waals surface area contributed by atoms with Gasteiger partial charge in [-0.2, -0.15) is 10.5 Å². The van der Waals surface area contributed by atoms with Gasteiger partial charge in [0.25, 0.3) is 0 Å². The summed E-state index contributed by atoms with van der Waals surface area (Å²) in [5.41, 5.74) is 9.87. The second-order valence-corrected chi connectivity index (χ2v) is 15.4. The van der Waals surface area contributed by atoms with Gasteiger partial charge in [-0.1, -0.05) is 121 Å². The molecule has 12 rings (SSSR count). The highest BCUT2D eigenvalue weighted by Gasteiger charge is 2.25. The molecule has 0 bridgehead atoms. The third-order valence-electron chi connectivity index (χ3n) is 12.1. The maximum atomic E-state index is 10.9. The summed E-state index contributed by atoms with van der Waals surface area (Å²) < 4.78 is 4.42. The predicted molar refractivity (Wildman–Crippen MR) is 249 cm³/mol. The Hall–Kier alpha value is -8.91. The number of hydrogen-bond acceptors (Lipinski definition) is 5. The van der Waals surface area contributed by atoms with E-state index in [1.807, 2.05) is 66.7 Å². The normalized spacial score (nSPS) is 11.5. The molecule has 4 aromatic heterocycles. The van der Waals surface area contributed by atoms with E-state index in [9.17, 15) is 10.5 Å². The average Bonchev–Trinajstić information content (AvgIpc) is 3.87. The van der Waals surface area contributed by atoms with Crippen molar-refractivity contribution in [2.24, 2.45) is 0 Å². The lowest BCUT2D eigenvalue weighted by Gasteiger charge is -2.18. The van der Waals surface area contributed by atoms with Crippen molar-refractivity contribution in [1.29, 1.82) is 10.5 Å². The number of hydrogen-bond donors (Lipinski definition) is 0. The van der Waals surface area contributed by atoms with Crippen molar-refractivity contribution in [2.75, 3.05) is 0 Å². The van der Waals surface area contributed by atoms with Gasteiger partial charge >= 0.3 is 0 Å². The van der Waals surface area contributed by atoms with Crippen LogP contribution in [-0.2, 0) is 0 Å². The van der Waals surface area contributed by atoms with Crippen LogP contribution in [0.4, 0.5) is 0 Å². The van der Waals surface area contributed by atoms with Crippen molar-refractivity contribution >= 4 is 65.2 Å². The van der Waals surface area contributed by atoms with Crippen molar-refractivity contribution < 1.29 is 0 Å². The van der Waals surface area contributed by atoms with E-state index in [0.29, 0.717) is 28.3 Å². The molecule has 0 atom stereocenters. The van der Waals surface area contributed by atoms with Gasteiger partial charge in [0.1, 0.15) is 12.1 Å². The summed E-state index contributed by atoms with van der Waals surface area (Å²) in [6, 6.07) is 64.7. The van der Waals surface area contributed by atoms with Crippen LogP contribution in [-0.4, -0.2) is 24.1 Å². The maximum Gasteiger partial charge on any atom is 0.161 e. The molecule has 0 unspecified atom stereocenters. The number of fused-ring (bicyclic) bond motifs is 10. The number of nitrogens with zero attached hydrogens (tertiary/aromatic N) is 7. The number of pyridine rings is 1. The Morgan fingerprint density at radius 2 is 0.903 bits per heavy atom. The van der Waals surface area contributed by atoms with Crippen molar-refractivity contribution in [3.63, 3.8) is 0 Å². The number of nitriles is 2. The largest absolute Gasteiger partial charge is 0.307 e. The molecule has 12 aromatic rings. The SMILES string of the molecule is N#Cc1cccc(-c2cc(-c3cccc(C#N)c3-n3c4ccccc4c4c5ccccc5ccc43)nc(-c3cccnc3)n2)c1-n1c2ccccc2c2c3ccccc3ccc21. The van der Waals surface area contributed by atoms with Crippen LogP contribution >= 0.6 is 0 Å². The highest BCUT2D eigenvalue weighted by Crippen LogP contribution is 2.43. The van der Waals surface area contributed by atoms with E-state index in [1.165, 1.54) is 0 Å². The maximum absolute atomic E-state index is 10.9.